The van der Waals surface area contributed by atoms with E-state index in [0.717, 1.165) is 38.3 Å². The Hall–Kier alpha value is -3.80. The van der Waals surface area contributed by atoms with E-state index in [0.29, 0.717) is 5.82 Å². The molecule has 5 aromatic rings. The number of nitro benzene ring substituents is 1. The number of nitrogens with one attached hydrogen (secondary N) is 1. The van der Waals surface area contributed by atoms with E-state index in [1.165, 1.54) is 6.07 Å². The number of pyridine rings is 1. The van der Waals surface area contributed by atoms with E-state index in [2.05, 4.69) is 9.97 Å². The molecule has 0 fully saturated rings. The van der Waals surface area contributed by atoms with Crippen LogP contribution in [0.5, 0.6) is 0 Å². The summed E-state index contributed by atoms with van der Waals surface area (Å²) in [5.41, 5.74) is 3.50. The number of rotatable bonds is 2. The summed E-state index contributed by atoms with van der Waals surface area (Å²) >= 11 is 0. The lowest BCUT2D eigenvalue weighted by molar-refractivity contribution is -0.384. The summed E-state index contributed by atoms with van der Waals surface area (Å²) < 4.78 is 0. The highest BCUT2D eigenvalue weighted by Gasteiger charge is 2.13. The Balaban J connectivity index is 1.77. The number of benzene rings is 3. The standard InChI is InChI=1S/C20H12N4O2/c25-24(26)14-7-6-12-3-1-5-15(16(12)10-14)20-22-18-9-13-4-2-8-21-17(13)11-19(18)23-20/h1-11H,(H,22,23). The van der Waals surface area contributed by atoms with E-state index in [-0.39, 0.29) is 10.6 Å². The van der Waals surface area contributed by atoms with E-state index < -0.39 is 0 Å². The van der Waals surface area contributed by atoms with Crippen molar-refractivity contribution in [2.45, 2.75) is 0 Å². The molecule has 2 heterocycles. The first-order valence-electron chi connectivity index (χ1n) is 8.11. The number of hydrogen-bond donors (Lipinski definition) is 1. The molecule has 0 amide bonds. The number of nitro groups is 1. The van der Waals surface area contributed by atoms with Gasteiger partial charge >= 0.3 is 0 Å². The van der Waals surface area contributed by atoms with Crippen molar-refractivity contribution in [3.05, 3.63) is 77.0 Å². The number of hydrogen-bond acceptors (Lipinski definition) is 4. The van der Waals surface area contributed by atoms with Crippen LogP contribution in [0.2, 0.25) is 0 Å². The molecule has 0 aliphatic heterocycles. The summed E-state index contributed by atoms with van der Waals surface area (Å²) in [7, 11) is 0. The van der Waals surface area contributed by atoms with Crippen LogP contribution < -0.4 is 0 Å². The fraction of sp³-hybridized carbons (Fsp3) is 0. The molecule has 0 spiro atoms. The molecule has 0 aliphatic carbocycles. The van der Waals surface area contributed by atoms with Crippen LogP contribution in [-0.2, 0) is 0 Å². The van der Waals surface area contributed by atoms with Crippen molar-refractivity contribution in [3.63, 3.8) is 0 Å². The van der Waals surface area contributed by atoms with E-state index in [1.807, 2.05) is 42.5 Å². The van der Waals surface area contributed by atoms with Crippen molar-refractivity contribution >= 4 is 38.4 Å². The first kappa shape index (κ1) is 14.5. The van der Waals surface area contributed by atoms with Gasteiger partial charge in [0.1, 0.15) is 5.82 Å². The van der Waals surface area contributed by atoms with Gasteiger partial charge in [-0.15, -0.1) is 0 Å². The normalized spacial score (nSPS) is 11.4. The van der Waals surface area contributed by atoms with Crippen LogP contribution >= 0.6 is 0 Å². The van der Waals surface area contributed by atoms with Gasteiger partial charge in [0.2, 0.25) is 0 Å². The molecule has 0 bridgehead atoms. The molecule has 0 atom stereocenters. The minimum atomic E-state index is -0.382. The van der Waals surface area contributed by atoms with Gasteiger partial charge in [-0.05, 0) is 35.0 Å². The molecule has 124 valence electrons. The van der Waals surface area contributed by atoms with Crippen LogP contribution in [0.15, 0.2) is 66.9 Å². The predicted molar refractivity (Wildman–Crippen MR) is 101 cm³/mol. The van der Waals surface area contributed by atoms with E-state index in [4.69, 9.17) is 4.98 Å². The second kappa shape index (κ2) is 5.35. The number of aromatic nitrogens is 3. The summed E-state index contributed by atoms with van der Waals surface area (Å²) in [5, 5.41) is 13.9. The first-order chi connectivity index (χ1) is 12.7. The number of imidazole rings is 1. The third-order valence-electron chi connectivity index (χ3n) is 4.54. The third-order valence-corrected chi connectivity index (χ3v) is 4.54. The van der Waals surface area contributed by atoms with Crippen molar-refractivity contribution < 1.29 is 4.92 Å². The van der Waals surface area contributed by atoms with Crippen molar-refractivity contribution in [3.8, 4) is 11.4 Å². The molecule has 26 heavy (non-hydrogen) atoms. The highest BCUT2D eigenvalue weighted by Crippen LogP contribution is 2.31. The molecule has 5 rings (SSSR count). The fourth-order valence-electron chi connectivity index (χ4n) is 3.29. The predicted octanol–water partition coefficient (Wildman–Crippen LogP) is 4.84. The van der Waals surface area contributed by atoms with Crippen molar-refractivity contribution in [1.82, 2.24) is 15.0 Å². The van der Waals surface area contributed by atoms with Gasteiger partial charge in [-0.1, -0.05) is 24.3 Å². The molecular formula is C20H12N4O2. The van der Waals surface area contributed by atoms with Gasteiger partial charge in [0.05, 0.1) is 21.5 Å². The molecule has 2 aromatic heterocycles. The van der Waals surface area contributed by atoms with Crippen LogP contribution in [0.1, 0.15) is 0 Å². The molecule has 0 aliphatic rings. The quantitative estimate of drug-likeness (QED) is 0.368. The zero-order chi connectivity index (χ0) is 17.7. The first-order valence-corrected chi connectivity index (χ1v) is 8.11. The molecule has 0 unspecified atom stereocenters. The van der Waals surface area contributed by atoms with Gasteiger partial charge in [0, 0.05) is 29.3 Å². The Morgan fingerprint density at radius 1 is 0.923 bits per heavy atom. The average Bonchev–Trinajstić information content (AvgIpc) is 3.07. The number of aromatic amines is 1. The molecule has 0 radical (unpaired) electrons. The lowest BCUT2D eigenvalue weighted by atomic mass is 10.0. The second-order valence-corrected chi connectivity index (χ2v) is 6.12. The van der Waals surface area contributed by atoms with Gasteiger partial charge in [-0.3, -0.25) is 15.1 Å². The van der Waals surface area contributed by atoms with Gasteiger partial charge in [0.15, 0.2) is 0 Å². The lowest BCUT2D eigenvalue weighted by Crippen LogP contribution is -1.89. The SMILES string of the molecule is O=[N+]([O-])c1ccc2cccc(-c3nc4cc5ncccc5cc4[nH]3)c2c1. The molecule has 6 nitrogen and oxygen atoms in total. The van der Waals surface area contributed by atoms with Gasteiger partial charge in [-0.2, -0.15) is 0 Å². The molecular weight excluding hydrogens is 328 g/mol. The summed E-state index contributed by atoms with van der Waals surface area (Å²) in [6, 6.07) is 18.5. The monoisotopic (exact) mass is 340 g/mol. The van der Waals surface area contributed by atoms with Gasteiger partial charge in [0.25, 0.3) is 5.69 Å². The van der Waals surface area contributed by atoms with Crippen molar-refractivity contribution in [2.24, 2.45) is 0 Å². The summed E-state index contributed by atoms with van der Waals surface area (Å²) in [4.78, 5) is 23.2. The van der Waals surface area contributed by atoms with Gasteiger partial charge in [-0.25, -0.2) is 4.98 Å². The average molecular weight is 340 g/mol. The highest BCUT2D eigenvalue weighted by atomic mass is 16.6. The zero-order valence-electron chi connectivity index (χ0n) is 13.5. The minimum Gasteiger partial charge on any atom is -0.338 e. The topological polar surface area (TPSA) is 84.7 Å². The van der Waals surface area contributed by atoms with Crippen molar-refractivity contribution in [1.29, 1.82) is 0 Å². The molecule has 6 heteroatoms. The highest BCUT2D eigenvalue weighted by molar-refractivity contribution is 5.99. The second-order valence-electron chi connectivity index (χ2n) is 6.12. The number of fused-ring (bicyclic) bond motifs is 3. The molecule has 0 saturated heterocycles. The van der Waals surface area contributed by atoms with Crippen LogP contribution in [0.25, 0.3) is 44.1 Å². The zero-order valence-corrected chi connectivity index (χ0v) is 13.5. The van der Waals surface area contributed by atoms with E-state index in [1.54, 1.807) is 18.3 Å². The number of nitrogens with zero attached hydrogens (tertiary/aromatic N) is 3. The third kappa shape index (κ3) is 2.20. The maximum Gasteiger partial charge on any atom is 0.270 e. The van der Waals surface area contributed by atoms with Crippen LogP contribution in [0, 0.1) is 10.1 Å². The maximum absolute atomic E-state index is 11.1. The summed E-state index contributed by atoms with van der Waals surface area (Å²) in [6.45, 7) is 0. The van der Waals surface area contributed by atoms with Crippen LogP contribution in [-0.4, -0.2) is 19.9 Å². The Labute approximate surface area is 147 Å². The number of non-ortho nitro benzene ring substituents is 1. The summed E-state index contributed by atoms with van der Waals surface area (Å²) in [6.07, 6.45) is 1.76. The molecule has 3 aromatic carbocycles. The Morgan fingerprint density at radius 2 is 1.81 bits per heavy atom. The van der Waals surface area contributed by atoms with Crippen molar-refractivity contribution in [2.75, 3.05) is 0 Å². The lowest BCUT2D eigenvalue weighted by Gasteiger charge is -2.04. The van der Waals surface area contributed by atoms with E-state index in [9.17, 15) is 10.1 Å². The minimum absolute atomic E-state index is 0.0657. The molecule has 1 N–H and O–H groups in total. The summed E-state index contributed by atoms with van der Waals surface area (Å²) in [5.74, 6) is 0.682. The fourth-order valence-corrected chi connectivity index (χ4v) is 3.29. The number of H-pyrrole nitrogens is 1. The van der Waals surface area contributed by atoms with Gasteiger partial charge < -0.3 is 4.98 Å². The van der Waals surface area contributed by atoms with Crippen LogP contribution in [0.4, 0.5) is 5.69 Å². The Bertz CT molecular complexity index is 1270. The maximum atomic E-state index is 11.1. The smallest absolute Gasteiger partial charge is 0.270 e. The molecule has 0 saturated carbocycles. The van der Waals surface area contributed by atoms with E-state index >= 15 is 0 Å². The van der Waals surface area contributed by atoms with Crippen LogP contribution in [0.3, 0.4) is 0 Å². The Morgan fingerprint density at radius 3 is 2.69 bits per heavy atom. The Kier molecular flexibility index (Phi) is 2.99. The largest absolute Gasteiger partial charge is 0.338 e.